The minimum Gasteiger partial charge on any atom is -0.337 e. The van der Waals surface area contributed by atoms with E-state index in [1.165, 1.54) is 5.49 Å². The van der Waals surface area contributed by atoms with Crippen LogP contribution in [-0.2, 0) is 0 Å². The molecule has 0 saturated heterocycles. The second-order valence-electron chi connectivity index (χ2n) is 1.98. The summed E-state index contributed by atoms with van der Waals surface area (Å²) in [7, 11) is 0. The van der Waals surface area contributed by atoms with Gasteiger partial charge in [0.1, 0.15) is 5.82 Å². The Kier molecular flexibility index (Phi) is 2.34. The van der Waals surface area contributed by atoms with Crippen LogP contribution in [0.5, 0.6) is 0 Å². The second kappa shape index (κ2) is 3.27. The lowest BCUT2D eigenvalue weighted by atomic mass is 10.3. The number of anilines is 1. The molecule has 0 saturated carbocycles. The lowest BCUT2D eigenvalue weighted by Crippen LogP contribution is -1.94. The summed E-state index contributed by atoms with van der Waals surface area (Å²) in [5.74, 6) is 0.792. The third-order valence-corrected chi connectivity index (χ3v) is 1.24. The SMILES string of the molecule is Cc1ccc(NC=S)nc1. The molecule has 3 heteroatoms. The molecule has 0 aliphatic heterocycles. The lowest BCUT2D eigenvalue weighted by molar-refractivity contribution is 1.27. The molecule has 0 fully saturated rings. The molecule has 52 valence electrons. The fourth-order valence-corrected chi connectivity index (χ4v) is 0.734. The molecule has 0 atom stereocenters. The predicted octanol–water partition coefficient (Wildman–Crippen LogP) is 1.76. The fraction of sp³-hybridized carbons (Fsp3) is 0.143. The Balaban J connectivity index is 2.78. The molecule has 1 heterocycles. The summed E-state index contributed by atoms with van der Waals surface area (Å²) in [6.07, 6.45) is 1.79. The Labute approximate surface area is 65.3 Å². The normalized spacial score (nSPS) is 8.90. The van der Waals surface area contributed by atoms with Gasteiger partial charge in [0.15, 0.2) is 0 Å². The van der Waals surface area contributed by atoms with Gasteiger partial charge in [0.05, 0.1) is 5.49 Å². The van der Waals surface area contributed by atoms with Gasteiger partial charge in [-0.25, -0.2) is 4.98 Å². The molecule has 1 N–H and O–H groups in total. The first kappa shape index (κ1) is 7.15. The minimum atomic E-state index is 0.792. The van der Waals surface area contributed by atoms with Gasteiger partial charge in [-0.15, -0.1) is 0 Å². The highest BCUT2D eigenvalue weighted by Crippen LogP contribution is 2.01. The molecule has 0 radical (unpaired) electrons. The molecule has 0 aliphatic carbocycles. The van der Waals surface area contributed by atoms with E-state index in [1.807, 2.05) is 19.1 Å². The van der Waals surface area contributed by atoms with E-state index in [0.29, 0.717) is 0 Å². The summed E-state index contributed by atoms with van der Waals surface area (Å²) in [5.41, 5.74) is 2.59. The van der Waals surface area contributed by atoms with Crippen LogP contribution in [0.15, 0.2) is 18.3 Å². The zero-order valence-electron chi connectivity index (χ0n) is 5.66. The molecule has 1 aromatic heterocycles. The zero-order valence-corrected chi connectivity index (χ0v) is 6.48. The van der Waals surface area contributed by atoms with E-state index < -0.39 is 0 Å². The van der Waals surface area contributed by atoms with Crippen molar-refractivity contribution in [3.8, 4) is 0 Å². The van der Waals surface area contributed by atoms with E-state index in [2.05, 4.69) is 22.5 Å². The van der Waals surface area contributed by atoms with Crippen LogP contribution in [0.2, 0.25) is 0 Å². The van der Waals surface area contributed by atoms with Crippen molar-refractivity contribution in [2.75, 3.05) is 5.32 Å². The number of hydrogen-bond acceptors (Lipinski definition) is 2. The largest absolute Gasteiger partial charge is 0.337 e. The number of thiocarbonyl (C=S) groups is 1. The van der Waals surface area contributed by atoms with Crippen molar-refractivity contribution in [3.63, 3.8) is 0 Å². The number of rotatable bonds is 2. The topological polar surface area (TPSA) is 24.9 Å². The summed E-state index contributed by atoms with van der Waals surface area (Å²) in [6.45, 7) is 1.99. The van der Waals surface area contributed by atoms with Crippen LogP contribution in [0, 0.1) is 6.92 Å². The fourth-order valence-electron chi connectivity index (χ4n) is 0.614. The van der Waals surface area contributed by atoms with Crippen LogP contribution in [0.4, 0.5) is 5.82 Å². The Bertz CT molecular complexity index is 218. The zero-order chi connectivity index (χ0) is 7.40. The number of pyridine rings is 1. The maximum absolute atomic E-state index is 4.59. The van der Waals surface area contributed by atoms with Gasteiger partial charge in [-0.2, -0.15) is 0 Å². The third kappa shape index (κ3) is 1.77. The average Bonchev–Trinajstić information content (AvgIpc) is 1.95. The van der Waals surface area contributed by atoms with Crippen molar-refractivity contribution >= 4 is 23.5 Å². The first-order valence-corrected chi connectivity index (χ1v) is 3.43. The van der Waals surface area contributed by atoms with Crippen molar-refractivity contribution in [2.24, 2.45) is 0 Å². The van der Waals surface area contributed by atoms with Crippen LogP contribution >= 0.6 is 12.2 Å². The maximum atomic E-state index is 4.59. The first-order chi connectivity index (χ1) is 4.83. The van der Waals surface area contributed by atoms with Gasteiger partial charge in [0.25, 0.3) is 0 Å². The maximum Gasteiger partial charge on any atom is 0.130 e. The number of aryl methyl sites for hydroxylation is 1. The molecule has 0 aromatic carbocycles. The van der Waals surface area contributed by atoms with E-state index >= 15 is 0 Å². The summed E-state index contributed by atoms with van der Waals surface area (Å²) >= 11 is 4.59. The van der Waals surface area contributed by atoms with Gasteiger partial charge in [0, 0.05) is 6.20 Å². The highest BCUT2D eigenvalue weighted by Gasteiger charge is 1.86. The summed E-state index contributed by atoms with van der Waals surface area (Å²) < 4.78 is 0. The molecule has 1 rings (SSSR count). The lowest BCUT2D eigenvalue weighted by Gasteiger charge is -1.96. The van der Waals surface area contributed by atoms with Gasteiger partial charge in [-0.3, -0.25) is 0 Å². The second-order valence-corrected chi connectivity index (χ2v) is 2.22. The average molecular weight is 152 g/mol. The standard InChI is InChI=1S/C7H8N2S/c1-6-2-3-7(8-4-6)9-5-10/h2-5H,1H3,(H,8,9,10). The Morgan fingerprint density at radius 2 is 2.40 bits per heavy atom. The number of aromatic nitrogens is 1. The van der Waals surface area contributed by atoms with Crippen molar-refractivity contribution in [1.82, 2.24) is 4.98 Å². The molecule has 1 aromatic rings. The molecule has 0 aliphatic rings. The van der Waals surface area contributed by atoms with Crippen molar-refractivity contribution in [3.05, 3.63) is 23.9 Å². The van der Waals surface area contributed by atoms with Crippen molar-refractivity contribution in [2.45, 2.75) is 6.92 Å². The predicted molar refractivity (Wildman–Crippen MR) is 46.3 cm³/mol. The van der Waals surface area contributed by atoms with Gasteiger partial charge in [-0.1, -0.05) is 18.3 Å². The third-order valence-electron chi connectivity index (χ3n) is 1.12. The Morgan fingerprint density at radius 1 is 1.60 bits per heavy atom. The van der Waals surface area contributed by atoms with E-state index in [0.717, 1.165) is 11.4 Å². The van der Waals surface area contributed by atoms with Crippen molar-refractivity contribution in [1.29, 1.82) is 0 Å². The summed E-state index contributed by atoms with van der Waals surface area (Å²) in [5, 5.41) is 2.81. The summed E-state index contributed by atoms with van der Waals surface area (Å²) in [6, 6.07) is 3.87. The highest BCUT2D eigenvalue weighted by molar-refractivity contribution is 7.79. The van der Waals surface area contributed by atoms with Crippen LogP contribution in [0.3, 0.4) is 0 Å². The van der Waals surface area contributed by atoms with E-state index in [4.69, 9.17) is 0 Å². The van der Waals surface area contributed by atoms with Crippen LogP contribution in [0.25, 0.3) is 0 Å². The molecule has 0 amide bonds. The smallest absolute Gasteiger partial charge is 0.130 e. The minimum absolute atomic E-state index is 0.792. The first-order valence-electron chi connectivity index (χ1n) is 2.96. The van der Waals surface area contributed by atoms with Gasteiger partial charge >= 0.3 is 0 Å². The van der Waals surface area contributed by atoms with Crippen LogP contribution in [0.1, 0.15) is 5.56 Å². The molecule has 0 bridgehead atoms. The monoisotopic (exact) mass is 152 g/mol. The number of nitrogens with one attached hydrogen (secondary N) is 1. The molecule has 2 nitrogen and oxygen atoms in total. The van der Waals surface area contributed by atoms with Crippen LogP contribution in [-0.4, -0.2) is 10.5 Å². The number of nitrogens with zero attached hydrogens (tertiary/aromatic N) is 1. The molecular formula is C7H8N2S. The van der Waals surface area contributed by atoms with Gasteiger partial charge in [-0.05, 0) is 18.6 Å². The van der Waals surface area contributed by atoms with Crippen molar-refractivity contribution < 1.29 is 0 Å². The van der Waals surface area contributed by atoms with Gasteiger partial charge in [0.2, 0.25) is 0 Å². The number of hydrogen-bond donors (Lipinski definition) is 1. The molecule has 10 heavy (non-hydrogen) atoms. The molecule has 0 unspecified atom stereocenters. The highest BCUT2D eigenvalue weighted by atomic mass is 32.1. The van der Waals surface area contributed by atoms with E-state index in [9.17, 15) is 0 Å². The van der Waals surface area contributed by atoms with E-state index in [-0.39, 0.29) is 0 Å². The molecular weight excluding hydrogens is 144 g/mol. The Hall–Kier alpha value is -0.960. The quantitative estimate of drug-likeness (QED) is 0.654. The van der Waals surface area contributed by atoms with E-state index in [1.54, 1.807) is 6.20 Å². The summed E-state index contributed by atoms with van der Waals surface area (Å²) in [4.78, 5) is 4.06. The van der Waals surface area contributed by atoms with Crippen LogP contribution < -0.4 is 5.32 Å². The van der Waals surface area contributed by atoms with Gasteiger partial charge < -0.3 is 5.32 Å². The Morgan fingerprint density at radius 3 is 2.90 bits per heavy atom. The molecule has 0 spiro atoms.